The first-order valence-electron chi connectivity index (χ1n) is 10.1. The first-order chi connectivity index (χ1) is 15.4. The van der Waals surface area contributed by atoms with Crippen molar-refractivity contribution in [2.24, 2.45) is 0 Å². The molecule has 0 saturated heterocycles. The molecule has 0 atom stereocenters. The van der Waals surface area contributed by atoms with Gasteiger partial charge in [0, 0.05) is 28.5 Å². The van der Waals surface area contributed by atoms with E-state index in [1.54, 1.807) is 23.9 Å². The highest BCUT2D eigenvalue weighted by molar-refractivity contribution is 7.98. The summed E-state index contributed by atoms with van der Waals surface area (Å²) in [5, 5.41) is 21.3. The molecule has 0 unspecified atom stereocenters. The summed E-state index contributed by atoms with van der Waals surface area (Å²) in [6, 6.07) is 22.4. The van der Waals surface area contributed by atoms with E-state index in [4.69, 9.17) is 11.6 Å². The van der Waals surface area contributed by atoms with Gasteiger partial charge in [0.05, 0.1) is 10.6 Å². The minimum absolute atomic E-state index is 0.0813. The second-order valence-electron chi connectivity index (χ2n) is 7.57. The maximum Gasteiger partial charge on any atom is 0.269 e. The predicted octanol–water partition coefficient (Wildman–Crippen LogP) is 6.91. The van der Waals surface area contributed by atoms with Crippen LogP contribution in [0.15, 0.2) is 78.0 Å². The van der Waals surface area contributed by atoms with Gasteiger partial charge in [0.25, 0.3) is 5.69 Å². The molecule has 0 aliphatic rings. The number of nitro benzene ring substituents is 1. The van der Waals surface area contributed by atoms with Crippen molar-refractivity contribution in [1.82, 2.24) is 14.8 Å². The number of nitrogens with zero attached hydrogens (tertiary/aromatic N) is 4. The molecule has 0 N–H and O–H groups in total. The molecular formula is C24H21ClN4O2S. The molecule has 0 radical (unpaired) electrons. The number of non-ortho nitro benzene ring substituents is 1. The minimum Gasteiger partial charge on any atom is -0.270 e. The van der Waals surface area contributed by atoms with Gasteiger partial charge in [-0.2, -0.15) is 0 Å². The quantitative estimate of drug-likeness (QED) is 0.169. The second-order valence-corrected chi connectivity index (χ2v) is 8.95. The molecule has 32 heavy (non-hydrogen) atoms. The highest BCUT2D eigenvalue weighted by atomic mass is 35.5. The molecule has 0 fully saturated rings. The van der Waals surface area contributed by atoms with Crippen molar-refractivity contribution in [1.29, 1.82) is 0 Å². The molecule has 0 spiro atoms. The van der Waals surface area contributed by atoms with Gasteiger partial charge in [-0.1, -0.05) is 67.5 Å². The number of hydrogen-bond donors (Lipinski definition) is 0. The van der Waals surface area contributed by atoms with Gasteiger partial charge in [-0.05, 0) is 47.4 Å². The molecule has 1 heterocycles. The van der Waals surface area contributed by atoms with E-state index >= 15 is 0 Å². The van der Waals surface area contributed by atoms with Crippen LogP contribution in [0.1, 0.15) is 30.9 Å². The van der Waals surface area contributed by atoms with Crippen LogP contribution < -0.4 is 0 Å². The van der Waals surface area contributed by atoms with Gasteiger partial charge in [-0.3, -0.25) is 14.7 Å². The first kappa shape index (κ1) is 22.0. The molecule has 0 bridgehead atoms. The average Bonchev–Trinajstić information content (AvgIpc) is 3.22. The summed E-state index contributed by atoms with van der Waals surface area (Å²) in [7, 11) is 0. The lowest BCUT2D eigenvalue weighted by Gasteiger charge is -2.17. The average molecular weight is 465 g/mol. The Hall–Kier alpha value is -3.16. The fraction of sp³-hybridized carbons (Fsp3) is 0.167. The third-order valence-corrected chi connectivity index (χ3v) is 6.30. The molecule has 0 aliphatic carbocycles. The highest BCUT2D eigenvalue weighted by Gasteiger charge is 2.19. The lowest BCUT2D eigenvalue weighted by molar-refractivity contribution is -0.384. The number of halogens is 1. The fourth-order valence-corrected chi connectivity index (χ4v) is 4.43. The van der Waals surface area contributed by atoms with E-state index in [-0.39, 0.29) is 5.69 Å². The van der Waals surface area contributed by atoms with Crippen LogP contribution in [0.5, 0.6) is 0 Å². The summed E-state index contributed by atoms with van der Waals surface area (Å²) in [6.07, 6.45) is 0. The highest BCUT2D eigenvalue weighted by Crippen LogP contribution is 2.33. The van der Waals surface area contributed by atoms with E-state index in [0.29, 0.717) is 16.7 Å². The molecule has 1 aromatic heterocycles. The van der Waals surface area contributed by atoms with Crippen molar-refractivity contribution >= 4 is 29.1 Å². The van der Waals surface area contributed by atoms with Crippen molar-refractivity contribution in [2.45, 2.75) is 30.7 Å². The summed E-state index contributed by atoms with van der Waals surface area (Å²) in [5.41, 5.74) is 4.20. The zero-order chi connectivity index (χ0) is 22.7. The first-order valence-corrected chi connectivity index (χ1v) is 11.5. The van der Waals surface area contributed by atoms with E-state index in [2.05, 4.69) is 40.7 Å². The van der Waals surface area contributed by atoms with Crippen LogP contribution in [-0.4, -0.2) is 19.7 Å². The third kappa shape index (κ3) is 4.69. The van der Waals surface area contributed by atoms with E-state index in [9.17, 15) is 10.1 Å². The number of rotatable bonds is 7. The Labute approximate surface area is 195 Å². The Morgan fingerprint density at radius 3 is 2.34 bits per heavy atom. The van der Waals surface area contributed by atoms with Crippen LogP contribution in [0, 0.1) is 10.1 Å². The van der Waals surface area contributed by atoms with Gasteiger partial charge < -0.3 is 0 Å². The summed E-state index contributed by atoms with van der Waals surface area (Å²) < 4.78 is 2.08. The number of para-hydroxylation sites is 1. The summed E-state index contributed by atoms with van der Waals surface area (Å²) in [4.78, 5) is 10.5. The SMILES string of the molecule is CC(C)c1ccccc1-n1c(SCc2ccc([N+](=O)[O-])cc2)nnc1-c1ccc(Cl)cc1. The molecule has 0 amide bonds. The molecule has 0 aliphatic heterocycles. The Morgan fingerprint density at radius 1 is 1.00 bits per heavy atom. The van der Waals surface area contributed by atoms with Gasteiger partial charge in [0.2, 0.25) is 0 Å². The normalized spacial score (nSPS) is 11.1. The van der Waals surface area contributed by atoms with Crippen molar-refractivity contribution in [2.75, 3.05) is 0 Å². The molecule has 6 nitrogen and oxygen atoms in total. The van der Waals surface area contributed by atoms with Crippen LogP contribution in [0.25, 0.3) is 17.1 Å². The molecule has 0 saturated carbocycles. The van der Waals surface area contributed by atoms with Crippen molar-refractivity contribution in [3.05, 3.63) is 99.1 Å². The van der Waals surface area contributed by atoms with Gasteiger partial charge in [-0.15, -0.1) is 10.2 Å². The van der Waals surface area contributed by atoms with E-state index in [0.717, 1.165) is 27.8 Å². The maximum atomic E-state index is 10.9. The van der Waals surface area contributed by atoms with Gasteiger partial charge >= 0.3 is 0 Å². The number of hydrogen-bond acceptors (Lipinski definition) is 5. The van der Waals surface area contributed by atoms with E-state index < -0.39 is 4.92 Å². The van der Waals surface area contributed by atoms with Gasteiger partial charge in [-0.25, -0.2) is 0 Å². The van der Waals surface area contributed by atoms with Crippen molar-refractivity contribution < 1.29 is 4.92 Å². The second kappa shape index (κ2) is 9.54. The summed E-state index contributed by atoms with van der Waals surface area (Å²) in [5.74, 6) is 1.67. The van der Waals surface area contributed by atoms with E-state index in [1.165, 1.54) is 17.7 Å². The van der Waals surface area contributed by atoms with Gasteiger partial charge in [0.15, 0.2) is 11.0 Å². The number of benzene rings is 3. The predicted molar refractivity (Wildman–Crippen MR) is 129 cm³/mol. The Morgan fingerprint density at radius 2 is 1.69 bits per heavy atom. The zero-order valence-corrected chi connectivity index (χ0v) is 19.2. The topological polar surface area (TPSA) is 73.8 Å². The lowest BCUT2D eigenvalue weighted by atomic mass is 10.0. The molecule has 4 rings (SSSR count). The maximum absolute atomic E-state index is 10.9. The zero-order valence-electron chi connectivity index (χ0n) is 17.6. The van der Waals surface area contributed by atoms with E-state index in [1.807, 2.05) is 36.4 Å². The smallest absolute Gasteiger partial charge is 0.269 e. The van der Waals surface area contributed by atoms with Crippen molar-refractivity contribution in [3.8, 4) is 17.1 Å². The number of nitro groups is 1. The van der Waals surface area contributed by atoms with Crippen LogP contribution >= 0.6 is 23.4 Å². The van der Waals surface area contributed by atoms with Crippen LogP contribution in [0.2, 0.25) is 5.02 Å². The Kier molecular flexibility index (Phi) is 6.58. The van der Waals surface area contributed by atoms with Crippen molar-refractivity contribution in [3.63, 3.8) is 0 Å². The molecular weight excluding hydrogens is 444 g/mol. The van der Waals surface area contributed by atoms with Crippen LogP contribution in [-0.2, 0) is 5.75 Å². The number of thioether (sulfide) groups is 1. The molecule has 4 aromatic rings. The van der Waals surface area contributed by atoms with Gasteiger partial charge in [0.1, 0.15) is 0 Å². The molecule has 8 heteroatoms. The third-order valence-electron chi connectivity index (χ3n) is 5.05. The monoisotopic (exact) mass is 464 g/mol. The Bertz CT molecular complexity index is 1240. The fourth-order valence-electron chi connectivity index (χ4n) is 3.41. The molecule has 162 valence electrons. The Balaban J connectivity index is 1.74. The largest absolute Gasteiger partial charge is 0.270 e. The summed E-state index contributed by atoms with van der Waals surface area (Å²) in [6.45, 7) is 4.32. The molecule has 3 aromatic carbocycles. The standard InChI is InChI=1S/C24H21ClN4O2S/c1-16(2)21-5-3-4-6-22(21)28-23(18-9-11-19(25)12-10-18)26-27-24(28)32-15-17-7-13-20(14-8-17)29(30)31/h3-14,16H,15H2,1-2H3. The van der Waals surface area contributed by atoms with Crippen LogP contribution in [0.3, 0.4) is 0 Å². The minimum atomic E-state index is -0.394. The number of aromatic nitrogens is 3. The van der Waals surface area contributed by atoms with Crippen LogP contribution in [0.4, 0.5) is 5.69 Å². The lowest BCUT2D eigenvalue weighted by Crippen LogP contribution is -2.04. The summed E-state index contributed by atoms with van der Waals surface area (Å²) >= 11 is 7.63.